The van der Waals surface area contributed by atoms with Crippen LogP contribution in [-0.2, 0) is 4.79 Å². The fourth-order valence-corrected chi connectivity index (χ4v) is 2.27. The lowest BCUT2D eigenvalue weighted by Gasteiger charge is -2.15. The van der Waals surface area contributed by atoms with Crippen LogP contribution in [-0.4, -0.2) is 28.6 Å². The molecule has 0 spiro atoms. The molecule has 1 fully saturated rings. The molecular formula is C10H9IN2O4. The molecule has 1 aromatic carbocycles. The Bertz CT molecular complexity index is 491. The summed E-state index contributed by atoms with van der Waals surface area (Å²) in [5.41, 5.74) is 0.135. The predicted octanol–water partition coefficient (Wildman–Crippen LogP) is 1.30. The fourth-order valence-electron chi connectivity index (χ4n) is 1.79. The van der Waals surface area contributed by atoms with Crippen LogP contribution in [0.1, 0.15) is 6.42 Å². The minimum Gasteiger partial charge on any atom is -0.391 e. The number of amides is 1. The summed E-state index contributed by atoms with van der Waals surface area (Å²) in [5.74, 6) is -0.290. The zero-order valence-electron chi connectivity index (χ0n) is 8.67. The standard InChI is InChI=1S/C10H9IN2O4/c11-6-1-2-8(9(3-6)13(16)17)12-5-7(14)4-10(12)15/h1-3,7,14H,4-5H2. The summed E-state index contributed by atoms with van der Waals surface area (Å²) in [6.45, 7) is 0.111. The SMILES string of the molecule is O=C1CC(O)CN1c1ccc(I)cc1[N+](=O)[O-]. The van der Waals surface area contributed by atoms with Gasteiger partial charge in [0, 0.05) is 9.64 Å². The normalized spacial score (nSPS) is 19.8. The van der Waals surface area contributed by atoms with Crippen molar-refractivity contribution >= 4 is 39.9 Å². The maximum atomic E-state index is 11.6. The molecular weight excluding hydrogens is 339 g/mol. The van der Waals surface area contributed by atoms with Crippen LogP contribution in [0.3, 0.4) is 0 Å². The molecule has 2 rings (SSSR count). The summed E-state index contributed by atoms with van der Waals surface area (Å²) in [6, 6.07) is 4.64. The number of nitrogens with zero attached hydrogens (tertiary/aromatic N) is 2. The monoisotopic (exact) mass is 348 g/mol. The number of carbonyl (C=O) groups is 1. The van der Waals surface area contributed by atoms with Crippen LogP contribution in [0, 0.1) is 13.7 Å². The Morgan fingerprint density at radius 3 is 2.76 bits per heavy atom. The highest BCUT2D eigenvalue weighted by atomic mass is 127. The second-order valence-electron chi connectivity index (χ2n) is 3.75. The van der Waals surface area contributed by atoms with Crippen LogP contribution in [0.4, 0.5) is 11.4 Å². The Balaban J connectivity index is 2.45. The number of carbonyl (C=O) groups excluding carboxylic acids is 1. The van der Waals surface area contributed by atoms with Crippen LogP contribution in [0.2, 0.25) is 0 Å². The molecule has 1 unspecified atom stereocenters. The van der Waals surface area contributed by atoms with Gasteiger partial charge in [-0.05, 0) is 34.7 Å². The summed E-state index contributed by atoms with van der Waals surface area (Å²) < 4.78 is 0.727. The van der Waals surface area contributed by atoms with Crippen molar-refractivity contribution in [2.75, 3.05) is 11.4 Å². The molecule has 1 aliphatic rings. The molecule has 1 aromatic rings. The van der Waals surface area contributed by atoms with E-state index < -0.39 is 11.0 Å². The van der Waals surface area contributed by atoms with E-state index in [2.05, 4.69) is 0 Å². The maximum absolute atomic E-state index is 11.6. The van der Waals surface area contributed by atoms with E-state index in [-0.39, 0.29) is 30.2 Å². The smallest absolute Gasteiger partial charge is 0.294 e. The van der Waals surface area contributed by atoms with E-state index in [1.165, 1.54) is 17.0 Å². The third-order valence-corrected chi connectivity index (χ3v) is 3.20. The second kappa shape index (κ2) is 4.57. The highest BCUT2D eigenvalue weighted by Gasteiger charge is 2.33. The van der Waals surface area contributed by atoms with E-state index in [4.69, 9.17) is 0 Å². The molecule has 1 atom stereocenters. The first-order valence-electron chi connectivity index (χ1n) is 4.91. The molecule has 1 saturated heterocycles. The molecule has 7 heteroatoms. The minimum absolute atomic E-state index is 0.0170. The number of aliphatic hydroxyl groups excluding tert-OH is 1. The highest BCUT2D eigenvalue weighted by Crippen LogP contribution is 2.32. The van der Waals surface area contributed by atoms with Crippen molar-refractivity contribution in [3.05, 3.63) is 31.9 Å². The van der Waals surface area contributed by atoms with Gasteiger partial charge in [-0.2, -0.15) is 0 Å². The van der Waals surface area contributed by atoms with Crippen LogP contribution in [0.25, 0.3) is 0 Å². The number of anilines is 1. The number of benzene rings is 1. The molecule has 90 valence electrons. The van der Waals surface area contributed by atoms with Crippen LogP contribution >= 0.6 is 22.6 Å². The lowest BCUT2D eigenvalue weighted by molar-refractivity contribution is -0.384. The van der Waals surface area contributed by atoms with E-state index in [0.29, 0.717) is 0 Å². The Morgan fingerprint density at radius 2 is 2.24 bits per heavy atom. The van der Waals surface area contributed by atoms with Crippen molar-refractivity contribution in [2.24, 2.45) is 0 Å². The first kappa shape index (κ1) is 12.2. The Morgan fingerprint density at radius 1 is 1.53 bits per heavy atom. The molecule has 17 heavy (non-hydrogen) atoms. The van der Waals surface area contributed by atoms with Crippen molar-refractivity contribution in [1.82, 2.24) is 0 Å². The molecule has 1 heterocycles. The molecule has 1 N–H and O–H groups in total. The second-order valence-corrected chi connectivity index (χ2v) is 5.00. The van der Waals surface area contributed by atoms with E-state index in [0.717, 1.165) is 3.57 Å². The van der Waals surface area contributed by atoms with Gasteiger partial charge in [-0.3, -0.25) is 14.9 Å². The van der Waals surface area contributed by atoms with Gasteiger partial charge >= 0.3 is 0 Å². The molecule has 1 amide bonds. The number of hydrogen-bond acceptors (Lipinski definition) is 4. The van der Waals surface area contributed by atoms with E-state index >= 15 is 0 Å². The Hall–Kier alpha value is -1.22. The molecule has 0 saturated carbocycles. The van der Waals surface area contributed by atoms with Gasteiger partial charge in [0.15, 0.2) is 0 Å². The third kappa shape index (κ3) is 2.39. The molecule has 1 aliphatic heterocycles. The van der Waals surface area contributed by atoms with Gasteiger partial charge in [0.05, 0.1) is 24.0 Å². The van der Waals surface area contributed by atoms with Crippen molar-refractivity contribution in [1.29, 1.82) is 0 Å². The third-order valence-electron chi connectivity index (χ3n) is 2.53. The fraction of sp³-hybridized carbons (Fsp3) is 0.300. The number of nitro groups is 1. The number of aliphatic hydroxyl groups is 1. The number of halogens is 1. The van der Waals surface area contributed by atoms with Crippen molar-refractivity contribution in [3.63, 3.8) is 0 Å². The number of rotatable bonds is 2. The lowest BCUT2D eigenvalue weighted by atomic mass is 10.2. The summed E-state index contributed by atoms with van der Waals surface area (Å²) in [4.78, 5) is 23.3. The molecule has 0 aliphatic carbocycles. The Labute approximate surface area is 111 Å². The van der Waals surface area contributed by atoms with Gasteiger partial charge in [-0.1, -0.05) is 0 Å². The van der Waals surface area contributed by atoms with Crippen molar-refractivity contribution < 1.29 is 14.8 Å². The average Bonchev–Trinajstić information content (AvgIpc) is 2.57. The van der Waals surface area contributed by atoms with E-state index in [1.807, 2.05) is 22.6 Å². The summed E-state index contributed by atoms with van der Waals surface area (Å²) >= 11 is 1.97. The van der Waals surface area contributed by atoms with Crippen molar-refractivity contribution in [2.45, 2.75) is 12.5 Å². The summed E-state index contributed by atoms with van der Waals surface area (Å²) in [5, 5.41) is 20.3. The predicted molar refractivity (Wildman–Crippen MR) is 68.8 cm³/mol. The average molecular weight is 348 g/mol. The van der Waals surface area contributed by atoms with Gasteiger partial charge in [0.2, 0.25) is 5.91 Å². The van der Waals surface area contributed by atoms with Gasteiger partial charge in [-0.15, -0.1) is 0 Å². The molecule has 0 radical (unpaired) electrons. The molecule has 6 nitrogen and oxygen atoms in total. The van der Waals surface area contributed by atoms with E-state index in [9.17, 15) is 20.0 Å². The van der Waals surface area contributed by atoms with Gasteiger partial charge in [-0.25, -0.2) is 0 Å². The van der Waals surface area contributed by atoms with Crippen LogP contribution in [0.15, 0.2) is 18.2 Å². The summed E-state index contributed by atoms with van der Waals surface area (Å²) in [7, 11) is 0. The zero-order valence-corrected chi connectivity index (χ0v) is 10.8. The number of β-amino-alcohol motifs (C(OH)–C–C–N with tert-alkyl or cyclic N) is 1. The summed E-state index contributed by atoms with van der Waals surface area (Å²) in [6.07, 6.45) is -0.732. The zero-order chi connectivity index (χ0) is 12.6. The largest absolute Gasteiger partial charge is 0.391 e. The molecule has 0 aromatic heterocycles. The highest BCUT2D eigenvalue weighted by molar-refractivity contribution is 14.1. The quantitative estimate of drug-likeness (QED) is 0.496. The van der Waals surface area contributed by atoms with E-state index in [1.54, 1.807) is 6.07 Å². The molecule has 0 bridgehead atoms. The first-order chi connectivity index (χ1) is 7.99. The minimum atomic E-state index is -0.749. The van der Waals surface area contributed by atoms with Gasteiger partial charge < -0.3 is 10.0 Å². The van der Waals surface area contributed by atoms with Crippen LogP contribution < -0.4 is 4.90 Å². The topological polar surface area (TPSA) is 83.7 Å². The number of hydrogen-bond donors (Lipinski definition) is 1. The Kier molecular flexibility index (Phi) is 3.29. The van der Waals surface area contributed by atoms with Crippen LogP contribution in [0.5, 0.6) is 0 Å². The maximum Gasteiger partial charge on any atom is 0.294 e. The number of nitro benzene ring substituents is 1. The van der Waals surface area contributed by atoms with Gasteiger partial charge in [0.1, 0.15) is 5.69 Å². The lowest BCUT2D eigenvalue weighted by Crippen LogP contribution is -2.26. The first-order valence-corrected chi connectivity index (χ1v) is 5.99. The van der Waals surface area contributed by atoms with Crippen molar-refractivity contribution in [3.8, 4) is 0 Å². The van der Waals surface area contributed by atoms with Gasteiger partial charge in [0.25, 0.3) is 5.69 Å².